The van der Waals surface area contributed by atoms with Gasteiger partial charge in [0.15, 0.2) is 0 Å². The summed E-state index contributed by atoms with van der Waals surface area (Å²) in [5, 5.41) is 2.96. The predicted octanol–water partition coefficient (Wildman–Crippen LogP) is 5.53. The van der Waals surface area contributed by atoms with Gasteiger partial charge in [0.2, 0.25) is 11.8 Å². The lowest BCUT2D eigenvalue weighted by molar-refractivity contribution is -0.140. The number of carbonyl (C=O) groups is 2. The topological polar surface area (TPSA) is 86.8 Å². The summed E-state index contributed by atoms with van der Waals surface area (Å²) >= 11 is 0. The number of rotatable bonds is 13. The van der Waals surface area contributed by atoms with Crippen molar-refractivity contribution in [1.82, 2.24) is 10.2 Å². The Morgan fingerprint density at radius 2 is 1.60 bits per heavy atom. The molecule has 0 unspecified atom stereocenters. The van der Waals surface area contributed by atoms with Crippen LogP contribution < -0.4 is 9.62 Å². The molecular weight excluding hydrogens is 522 g/mol. The lowest BCUT2D eigenvalue weighted by atomic mass is 10.1. The van der Waals surface area contributed by atoms with E-state index in [0.717, 1.165) is 35.1 Å². The third-order valence-corrected chi connectivity index (χ3v) is 8.88. The van der Waals surface area contributed by atoms with Crippen LogP contribution in [0.4, 0.5) is 5.69 Å². The van der Waals surface area contributed by atoms with Gasteiger partial charge in [-0.05, 0) is 68.5 Å². The summed E-state index contributed by atoms with van der Waals surface area (Å²) in [5.74, 6) is -0.680. The van der Waals surface area contributed by atoms with Crippen molar-refractivity contribution in [2.45, 2.75) is 71.4 Å². The number of anilines is 1. The lowest BCUT2D eigenvalue weighted by Crippen LogP contribution is -2.52. The quantitative estimate of drug-likeness (QED) is 0.277. The molecule has 8 heteroatoms. The first-order valence-corrected chi connectivity index (χ1v) is 15.3. The van der Waals surface area contributed by atoms with Gasteiger partial charge in [-0.15, -0.1) is 0 Å². The van der Waals surface area contributed by atoms with Crippen LogP contribution in [0, 0.1) is 20.8 Å². The molecule has 3 aromatic carbocycles. The molecule has 0 aliphatic rings. The number of sulfonamides is 1. The van der Waals surface area contributed by atoms with Gasteiger partial charge in [0.05, 0.1) is 10.6 Å². The van der Waals surface area contributed by atoms with Crippen LogP contribution in [0.15, 0.2) is 77.7 Å². The third-order valence-electron chi connectivity index (χ3n) is 7.11. The first kappa shape index (κ1) is 30.9. The number of unbranched alkanes of at least 4 members (excludes halogenated alkanes) is 1. The molecule has 3 rings (SSSR count). The summed E-state index contributed by atoms with van der Waals surface area (Å²) in [6, 6.07) is 20.6. The van der Waals surface area contributed by atoms with Crippen molar-refractivity contribution in [3.8, 4) is 0 Å². The van der Waals surface area contributed by atoms with E-state index in [1.54, 1.807) is 30.3 Å². The molecule has 0 heterocycles. The summed E-state index contributed by atoms with van der Waals surface area (Å²) in [4.78, 5) is 29.1. The Hall–Kier alpha value is -3.65. The Morgan fingerprint density at radius 3 is 2.25 bits per heavy atom. The van der Waals surface area contributed by atoms with E-state index in [2.05, 4.69) is 5.32 Å². The first-order valence-electron chi connectivity index (χ1n) is 13.9. The normalized spacial score (nSPS) is 12.0. The van der Waals surface area contributed by atoms with Crippen molar-refractivity contribution in [3.63, 3.8) is 0 Å². The van der Waals surface area contributed by atoms with Crippen molar-refractivity contribution in [1.29, 1.82) is 0 Å². The van der Waals surface area contributed by atoms with E-state index in [0.29, 0.717) is 18.7 Å². The molecule has 0 fully saturated rings. The molecule has 7 nitrogen and oxygen atoms in total. The van der Waals surface area contributed by atoms with Crippen molar-refractivity contribution in [2.75, 3.05) is 17.4 Å². The molecule has 0 radical (unpaired) electrons. The third kappa shape index (κ3) is 7.50. The number of hydrogen-bond acceptors (Lipinski definition) is 4. The highest BCUT2D eigenvalue weighted by molar-refractivity contribution is 7.92. The fourth-order valence-corrected chi connectivity index (χ4v) is 6.16. The van der Waals surface area contributed by atoms with Gasteiger partial charge >= 0.3 is 0 Å². The predicted molar refractivity (Wildman–Crippen MR) is 161 cm³/mol. The smallest absolute Gasteiger partial charge is 0.264 e. The maximum Gasteiger partial charge on any atom is 0.264 e. The number of nitrogens with one attached hydrogen (secondary N) is 1. The summed E-state index contributed by atoms with van der Waals surface area (Å²) in [5.41, 5.74) is 4.03. The van der Waals surface area contributed by atoms with Gasteiger partial charge in [-0.1, -0.05) is 80.4 Å². The van der Waals surface area contributed by atoms with Crippen LogP contribution in [0.1, 0.15) is 55.4 Å². The van der Waals surface area contributed by atoms with Gasteiger partial charge < -0.3 is 10.2 Å². The minimum atomic E-state index is -4.09. The highest BCUT2D eigenvalue weighted by Gasteiger charge is 2.34. The fraction of sp³-hybridized carbons (Fsp3) is 0.375. The Bertz CT molecular complexity index is 1410. The molecule has 2 amide bonds. The summed E-state index contributed by atoms with van der Waals surface area (Å²) < 4.78 is 29.1. The Kier molecular flexibility index (Phi) is 10.9. The largest absolute Gasteiger partial charge is 0.354 e. The SMILES string of the molecule is CCCCNC(=O)[C@@H](CC)N(Cc1cccc(C)c1)C(=O)CN(c1cccc(C)c1C)S(=O)(=O)c1ccccc1. The Labute approximate surface area is 239 Å². The summed E-state index contributed by atoms with van der Waals surface area (Å²) in [7, 11) is -4.09. The maximum atomic E-state index is 14.2. The molecular formula is C32H41N3O4S. The van der Waals surface area contributed by atoms with Crippen molar-refractivity contribution >= 4 is 27.5 Å². The molecule has 0 saturated heterocycles. The summed E-state index contributed by atoms with van der Waals surface area (Å²) in [6.45, 7) is 9.91. The molecule has 214 valence electrons. The standard InChI is InChI=1S/C32H41N3O4S/c1-6-8-20-33-32(37)29(7-2)34(22-27-16-12-14-24(3)21-27)31(36)23-35(30-19-13-15-25(4)26(30)5)40(38,39)28-17-10-9-11-18-28/h9-19,21,29H,6-8,20,22-23H2,1-5H3,(H,33,37)/t29-/m1/s1. The van der Waals surface area contributed by atoms with Crippen LogP contribution in [0.3, 0.4) is 0 Å². The van der Waals surface area contributed by atoms with E-state index < -0.39 is 28.5 Å². The molecule has 0 bridgehead atoms. The second-order valence-corrected chi connectivity index (χ2v) is 12.0. The van der Waals surface area contributed by atoms with Gasteiger partial charge in [0, 0.05) is 13.1 Å². The number of nitrogens with zero attached hydrogens (tertiary/aromatic N) is 2. The van der Waals surface area contributed by atoms with Crippen LogP contribution in [0.25, 0.3) is 0 Å². The molecule has 40 heavy (non-hydrogen) atoms. The van der Waals surface area contributed by atoms with E-state index in [-0.39, 0.29) is 17.3 Å². The van der Waals surface area contributed by atoms with Crippen LogP contribution in [-0.4, -0.2) is 44.3 Å². The molecule has 0 aromatic heterocycles. The van der Waals surface area contributed by atoms with E-state index in [1.807, 2.05) is 65.0 Å². The second-order valence-electron chi connectivity index (χ2n) is 10.1. The molecule has 0 saturated carbocycles. The zero-order valence-corrected chi connectivity index (χ0v) is 25.0. The average molecular weight is 564 g/mol. The van der Waals surface area contributed by atoms with Gasteiger partial charge in [0.1, 0.15) is 12.6 Å². The number of benzene rings is 3. The highest BCUT2D eigenvalue weighted by Crippen LogP contribution is 2.29. The van der Waals surface area contributed by atoms with Gasteiger partial charge in [-0.3, -0.25) is 13.9 Å². The Morgan fingerprint density at radius 1 is 0.900 bits per heavy atom. The van der Waals surface area contributed by atoms with Crippen molar-refractivity contribution in [2.24, 2.45) is 0 Å². The minimum Gasteiger partial charge on any atom is -0.354 e. The Balaban J connectivity index is 2.07. The maximum absolute atomic E-state index is 14.2. The van der Waals surface area contributed by atoms with Crippen LogP contribution in [0.2, 0.25) is 0 Å². The molecule has 0 aliphatic carbocycles. The molecule has 0 spiro atoms. The zero-order chi connectivity index (χ0) is 29.3. The first-order chi connectivity index (χ1) is 19.1. The summed E-state index contributed by atoms with van der Waals surface area (Å²) in [6.07, 6.45) is 2.17. The fourth-order valence-electron chi connectivity index (χ4n) is 4.67. The molecule has 1 atom stereocenters. The van der Waals surface area contributed by atoms with E-state index in [1.165, 1.54) is 21.3 Å². The number of hydrogen-bond donors (Lipinski definition) is 1. The lowest BCUT2D eigenvalue weighted by Gasteiger charge is -2.33. The molecule has 1 N–H and O–H groups in total. The van der Waals surface area contributed by atoms with Crippen LogP contribution >= 0.6 is 0 Å². The van der Waals surface area contributed by atoms with Crippen molar-refractivity contribution in [3.05, 3.63) is 95.1 Å². The highest BCUT2D eigenvalue weighted by atomic mass is 32.2. The number of amides is 2. The van der Waals surface area contributed by atoms with Crippen LogP contribution in [-0.2, 0) is 26.2 Å². The van der Waals surface area contributed by atoms with Crippen molar-refractivity contribution < 1.29 is 18.0 Å². The second kappa shape index (κ2) is 14.1. The average Bonchev–Trinajstić information content (AvgIpc) is 2.94. The zero-order valence-electron chi connectivity index (χ0n) is 24.2. The number of carbonyl (C=O) groups excluding carboxylic acids is 2. The van der Waals surface area contributed by atoms with Crippen LogP contribution in [0.5, 0.6) is 0 Å². The van der Waals surface area contributed by atoms with Gasteiger partial charge in [0.25, 0.3) is 10.0 Å². The molecule has 3 aromatic rings. The molecule has 0 aliphatic heterocycles. The van der Waals surface area contributed by atoms with E-state index in [4.69, 9.17) is 0 Å². The number of aryl methyl sites for hydroxylation is 2. The van der Waals surface area contributed by atoms with Gasteiger partial charge in [-0.2, -0.15) is 0 Å². The van der Waals surface area contributed by atoms with E-state index in [9.17, 15) is 18.0 Å². The monoisotopic (exact) mass is 563 g/mol. The van der Waals surface area contributed by atoms with Gasteiger partial charge in [-0.25, -0.2) is 8.42 Å². The minimum absolute atomic E-state index is 0.0956. The van der Waals surface area contributed by atoms with E-state index >= 15 is 0 Å².